The van der Waals surface area contributed by atoms with Crippen LogP contribution in [-0.2, 0) is 19.4 Å². The van der Waals surface area contributed by atoms with Crippen LogP contribution in [0.15, 0.2) is 36.4 Å². The van der Waals surface area contributed by atoms with Gasteiger partial charge in [0.1, 0.15) is 0 Å². The Balaban J connectivity index is 1.32. The Hall–Kier alpha value is -1.80. The molecule has 0 atom stereocenters. The van der Waals surface area contributed by atoms with E-state index in [9.17, 15) is 5.11 Å². The molecule has 1 N–H and O–H groups in total. The largest absolute Gasteiger partial charge is 0.395 e. The molecule has 0 spiro atoms. The van der Waals surface area contributed by atoms with Crippen LogP contribution in [-0.4, -0.2) is 16.3 Å². The van der Waals surface area contributed by atoms with Gasteiger partial charge in [0.2, 0.25) is 0 Å². The summed E-state index contributed by atoms with van der Waals surface area (Å²) in [4.78, 5) is 0. The number of aryl methyl sites for hydroxylation is 2. The van der Waals surface area contributed by atoms with Crippen molar-refractivity contribution in [1.82, 2.24) is 4.57 Å². The fourth-order valence-corrected chi connectivity index (χ4v) is 7.89. The van der Waals surface area contributed by atoms with E-state index >= 15 is 0 Å². The maximum Gasteiger partial charge on any atom is 0.0610 e. The Morgan fingerprint density at radius 3 is 0.979 bits per heavy atom. The van der Waals surface area contributed by atoms with Gasteiger partial charge in [0.25, 0.3) is 0 Å². The minimum atomic E-state index is 0.186. The van der Waals surface area contributed by atoms with E-state index in [1.165, 1.54) is 226 Å². The molecule has 3 rings (SSSR count). The number of rotatable bonds is 32. The Labute approximate surface area is 297 Å². The highest BCUT2D eigenvalue weighted by Crippen LogP contribution is 2.31. The fraction of sp³-hybridized carbons (Fsp3) is 0.739. The summed E-state index contributed by atoms with van der Waals surface area (Å²) in [6.07, 6.45) is 41.8. The number of aliphatic hydroxyl groups is 1. The van der Waals surface area contributed by atoms with Crippen LogP contribution in [0.1, 0.15) is 205 Å². The van der Waals surface area contributed by atoms with Gasteiger partial charge in [-0.1, -0.05) is 205 Å². The number of aromatic nitrogens is 1. The van der Waals surface area contributed by atoms with Crippen LogP contribution in [0.4, 0.5) is 0 Å². The summed E-state index contributed by atoms with van der Waals surface area (Å²) in [7, 11) is 0. The lowest BCUT2D eigenvalue weighted by Crippen LogP contribution is -2.02. The van der Waals surface area contributed by atoms with Crippen molar-refractivity contribution in [2.75, 3.05) is 6.61 Å². The van der Waals surface area contributed by atoms with Gasteiger partial charge in [0.05, 0.1) is 6.61 Å². The number of nitrogens with zero attached hydrogens (tertiary/aromatic N) is 1. The average Bonchev–Trinajstić information content (AvgIpc) is 3.40. The maximum absolute atomic E-state index is 9.96. The smallest absolute Gasteiger partial charge is 0.0610 e. The Bertz CT molecular complexity index is 1100. The molecule has 1 heterocycles. The van der Waals surface area contributed by atoms with Crippen molar-refractivity contribution >= 4 is 21.8 Å². The molecule has 2 aromatic carbocycles. The second-order valence-electron chi connectivity index (χ2n) is 15.3. The Kier molecular flexibility index (Phi) is 22.8. The predicted octanol–water partition coefficient (Wildman–Crippen LogP) is 14.8. The molecule has 0 saturated carbocycles. The van der Waals surface area contributed by atoms with Crippen LogP contribution >= 0.6 is 0 Å². The van der Waals surface area contributed by atoms with Crippen molar-refractivity contribution in [1.29, 1.82) is 0 Å². The zero-order valence-electron chi connectivity index (χ0n) is 32.0. The Morgan fingerprint density at radius 2 is 0.688 bits per heavy atom. The van der Waals surface area contributed by atoms with Gasteiger partial charge in [0, 0.05) is 28.4 Å². The van der Waals surface area contributed by atoms with Crippen molar-refractivity contribution < 1.29 is 5.11 Å². The van der Waals surface area contributed by atoms with E-state index in [0.29, 0.717) is 6.54 Å². The SMILES string of the molecule is CCCCCCCCCCCCCCCCc1ccc2c3ccc(CCCCCCCCCCCCCCCC)cc3n(CCO)c2c1. The molecule has 0 radical (unpaired) electrons. The van der Waals surface area contributed by atoms with Crippen LogP contribution in [0, 0.1) is 0 Å². The zero-order chi connectivity index (χ0) is 33.9. The lowest BCUT2D eigenvalue weighted by molar-refractivity contribution is 0.280. The summed E-state index contributed by atoms with van der Waals surface area (Å²) in [5.41, 5.74) is 5.50. The van der Waals surface area contributed by atoms with Crippen LogP contribution < -0.4 is 0 Å². The van der Waals surface area contributed by atoms with Crippen molar-refractivity contribution in [3.63, 3.8) is 0 Å². The van der Waals surface area contributed by atoms with Crippen LogP contribution in [0.5, 0.6) is 0 Å². The third-order valence-electron chi connectivity index (χ3n) is 11.0. The van der Waals surface area contributed by atoms with Crippen molar-refractivity contribution in [2.24, 2.45) is 0 Å². The molecular weight excluding hydrogens is 583 g/mol. The normalized spacial score (nSPS) is 11.8. The molecule has 0 unspecified atom stereocenters. The minimum absolute atomic E-state index is 0.186. The quantitative estimate of drug-likeness (QED) is 0.0663. The zero-order valence-corrected chi connectivity index (χ0v) is 32.0. The monoisotopic (exact) mass is 660 g/mol. The molecule has 1 aromatic heterocycles. The molecule has 2 heteroatoms. The maximum atomic E-state index is 9.96. The van der Waals surface area contributed by atoms with E-state index in [-0.39, 0.29) is 6.61 Å². The first-order valence-corrected chi connectivity index (χ1v) is 21.4. The first kappa shape index (κ1) is 40.6. The number of unbranched alkanes of at least 4 members (excludes halogenated alkanes) is 26. The van der Waals surface area contributed by atoms with Crippen molar-refractivity contribution in [3.8, 4) is 0 Å². The summed E-state index contributed by atoms with van der Waals surface area (Å²) in [5.74, 6) is 0. The number of fused-ring (bicyclic) bond motifs is 3. The lowest BCUT2D eigenvalue weighted by atomic mass is 10.0. The van der Waals surface area contributed by atoms with Gasteiger partial charge >= 0.3 is 0 Å². The molecule has 272 valence electrons. The van der Waals surface area contributed by atoms with Gasteiger partial charge in [-0.3, -0.25) is 0 Å². The van der Waals surface area contributed by atoms with Gasteiger partial charge in [-0.2, -0.15) is 0 Å². The topological polar surface area (TPSA) is 25.2 Å². The second-order valence-corrected chi connectivity index (χ2v) is 15.3. The molecule has 0 amide bonds. The van der Waals surface area contributed by atoms with Crippen LogP contribution in [0.3, 0.4) is 0 Å². The molecule has 3 aromatic rings. The highest BCUT2D eigenvalue weighted by molar-refractivity contribution is 6.08. The summed E-state index contributed by atoms with van der Waals surface area (Å²) >= 11 is 0. The minimum Gasteiger partial charge on any atom is -0.395 e. The number of aliphatic hydroxyl groups excluding tert-OH is 1. The van der Waals surface area contributed by atoms with Crippen molar-refractivity contribution in [3.05, 3.63) is 47.5 Å². The van der Waals surface area contributed by atoms with E-state index in [1.807, 2.05) is 0 Å². The molecule has 0 saturated heterocycles. The van der Waals surface area contributed by atoms with Gasteiger partial charge < -0.3 is 9.67 Å². The molecule has 2 nitrogen and oxygen atoms in total. The molecule has 0 aliphatic carbocycles. The van der Waals surface area contributed by atoms with Gasteiger partial charge in [-0.05, 0) is 48.9 Å². The second kappa shape index (κ2) is 27.0. The standard InChI is InChI=1S/C46H77NO/c1-3-5-7-9-11-13-15-17-19-21-23-25-27-29-31-41-33-35-43-44-36-34-42(40-46(44)47(37-38-48)45(43)39-41)32-30-28-26-24-22-20-18-16-14-12-10-8-6-4-2/h33-36,39-40,48H,3-32,37-38H2,1-2H3. The summed E-state index contributed by atoms with van der Waals surface area (Å²) in [6, 6.07) is 14.2. The third-order valence-corrected chi connectivity index (χ3v) is 11.0. The van der Waals surface area contributed by atoms with Gasteiger partial charge in [0.15, 0.2) is 0 Å². The lowest BCUT2D eigenvalue weighted by Gasteiger charge is -2.08. The van der Waals surface area contributed by atoms with E-state index in [4.69, 9.17) is 0 Å². The summed E-state index contributed by atoms with van der Waals surface area (Å²) in [6.45, 7) is 5.46. The Morgan fingerprint density at radius 1 is 0.396 bits per heavy atom. The number of hydrogen-bond acceptors (Lipinski definition) is 1. The van der Waals surface area contributed by atoms with E-state index in [0.717, 1.165) is 0 Å². The highest BCUT2D eigenvalue weighted by Gasteiger charge is 2.12. The highest BCUT2D eigenvalue weighted by atomic mass is 16.3. The number of hydrogen-bond donors (Lipinski definition) is 1. The average molecular weight is 660 g/mol. The summed E-state index contributed by atoms with van der Waals surface area (Å²) < 4.78 is 2.38. The molecule has 48 heavy (non-hydrogen) atoms. The van der Waals surface area contributed by atoms with E-state index < -0.39 is 0 Å². The van der Waals surface area contributed by atoms with Crippen molar-refractivity contribution in [2.45, 2.75) is 213 Å². The third kappa shape index (κ3) is 16.3. The molecule has 0 bridgehead atoms. The number of benzene rings is 2. The molecule has 0 aliphatic heterocycles. The molecular formula is C46H77NO. The van der Waals surface area contributed by atoms with Crippen LogP contribution in [0.25, 0.3) is 21.8 Å². The summed E-state index contributed by atoms with van der Waals surface area (Å²) in [5, 5.41) is 12.6. The molecule has 0 aliphatic rings. The first-order chi connectivity index (χ1) is 23.8. The fourth-order valence-electron chi connectivity index (χ4n) is 7.89. The van der Waals surface area contributed by atoms with Gasteiger partial charge in [-0.15, -0.1) is 0 Å². The first-order valence-electron chi connectivity index (χ1n) is 21.4. The van der Waals surface area contributed by atoms with Gasteiger partial charge in [-0.25, -0.2) is 0 Å². The van der Waals surface area contributed by atoms with E-state index in [2.05, 4.69) is 54.8 Å². The molecule has 0 fully saturated rings. The predicted molar refractivity (Wildman–Crippen MR) is 215 cm³/mol. The van der Waals surface area contributed by atoms with Crippen LogP contribution in [0.2, 0.25) is 0 Å². The van der Waals surface area contributed by atoms with E-state index in [1.54, 1.807) is 0 Å².